The van der Waals surface area contributed by atoms with Crippen molar-refractivity contribution in [1.29, 1.82) is 0 Å². The molecule has 0 bridgehead atoms. The minimum atomic E-state index is -0.138. The molecule has 0 aliphatic carbocycles. The molecule has 3 heteroatoms. The molecule has 0 atom stereocenters. The fourth-order valence-corrected chi connectivity index (χ4v) is 2.43. The van der Waals surface area contributed by atoms with Crippen molar-refractivity contribution >= 4 is 11.6 Å². The minimum absolute atomic E-state index is 0.138. The molecule has 0 unspecified atom stereocenters. The van der Waals surface area contributed by atoms with Gasteiger partial charge < -0.3 is 0 Å². The number of ketones is 2. The first-order valence-electron chi connectivity index (χ1n) is 7.72. The van der Waals surface area contributed by atoms with E-state index >= 15 is 0 Å². The van der Waals surface area contributed by atoms with Crippen molar-refractivity contribution in [3.8, 4) is 0 Å². The second kappa shape index (κ2) is 6.59. The molecule has 0 N–H and O–H groups in total. The third-order valence-electron chi connectivity index (χ3n) is 3.89. The fourth-order valence-electron chi connectivity index (χ4n) is 2.43. The molecule has 0 saturated heterocycles. The van der Waals surface area contributed by atoms with E-state index < -0.39 is 0 Å². The summed E-state index contributed by atoms with van der Waals surface area (Å²) in [6.07, 6.45) is 2.99. The standard InChI is InChI=1S/C21H17NO2/c1-14-3-7-16(8-4-14)20(23)18-11-19(13-22-12-18)21(24)17-9-5-15(2)6-10-17/h3-13H,1-2H3. The smallest absolute Gasteiger partial charge is 0.194 e. The normalized spacial score (nSPS) is 10.4. The molecular formula is C21H17NO2. The van der Waals surface area contributed by atoms with Gasteiger partial charge in [-0.1, -0.05) is 59.7 Å². The van der Waals surface area contributed by atoms with Gasteiger partial charge >= 0.3 is 0 Å². The number of aromatic nitrogens is 1. The lowest BCUT2D eigenvalue weighted by atomic mass is 9.99. The number of hydrogen-bond acceptors (Lipinski definition) is 3. The van der Waals surface area contributed by atoms with Crippen molar-refractivity contribution in [1.82, 2.24) is 4.98 Å². The zero-order chi connectivity index (χ0) is 17.1. The van der Waals surface area contributed by atoms with Gasteiger partial charge in [0.05, 0.1) is 0 Å². The number of nitrogens with zero attached hydrogens (tertiary/aromatic N) is 1. The summed E-state index contributed by atoms with van der Waals surface area (Å²) in [5.74, 6) is -0.276. The van der Waals surface area contributed by atoms with Crippen molar-refractivity contribution < 1.29 is 9.59 Å². The van der Waals surface area contributed by atoms with Gasteiger partial charge in [0.2, 0.25) is 0 Å². The predicted molar refractivity (Wildman–Crippen MR) is 93.5 cm³/mol. The van der Waals surface area contributed by atoms with Crippen molar-refractivity contribution in [2.75, 3.05) is 0 Å². The first-order valence-corrected chi connectivity index (χ1v) is 7.72. The molecule has 0 aliphatic rings. The Hall–Kier alpha value is -3.07. The summed E-state index contributed by atoms with van der Waals surface area (Å²) >= 11 is 0. The van der Waals surface area contributed by atoms with E-state index in [1.54, 1.807) is 30.3 Å². The second-order valence-electron chi connectivity index (χ2n) is 5.85. The lowest BCUT2D eigenvalue weighted by Gasteiger charge is -2.05. The monoisotopic (exact) mass is 315 g/mol. The molecule has 0 aliphatic heterocycles. The molecule has 3 rings (SSSR count). The fraction of sp³-hybridized carbons (Fsp3) is 0.0952. The SMILES string of the molecule is Cc1ccc(C(=O)c2cncc(C(=O)c3ccc(C)cc3)c2)cc1. The molecule has 24 heavy (non-hydrogen) atoms. The molecule has 0 saturated carbocycles. The van der Waals surface area contributed by atoms with Crippen molar-refractivity contribution in [2.45, 2.75) is 13.8 Å². The lowest BCUT2D eigenvalue weighted by Crippen LogP contribution is -2.07. The van der Waals surface area contributed by atoms with Crippen LogP contribution in [0.25, 0.3) is 0 Å². The van der Waals surface area contributed by atoms with Crippen LogP contribution in [0.5, 0.6) is 0 Å². The van der Waals surface area contributed by atoms with Crippen LogP contribution in [0.3, 0.4) is 0 Å². The van der Waals surface area contributed by atoms with E-state index in [1.807, 2.05) is 38.1 Å². The zero-order valence-corrected chi connectivity index (χ0v) is 13.6. The van der Waals surface area contributed by atoms with E-state index in [1.165, 1.54) is 12.4 Å². The van der Waals surface area contributed by atoms with Crippen LogP contribution in [0, 0.1) is 13.8 Å². The van der Waals surface area contributed by atoms with Gasteiger partial charge in [0.1, 0.15) is 0 Å². The Labute approximate surface area is 141 Å². The summed E-state index contributed by atoms with van der Waals surface area (Å²) in [5.41, 5.74) is 4.18. The van der Waals surface area contributed by atoms with Crippen LogP contribution in [0.4, 0.5) is 0 Å². The molecule has 0 spiro atoms. The second-order valence-corrected chi connectivity index (χ2v) is 5.85. The van der Waals surface area contributed by atoms with E-state index in [9.17, 15) is 9.59 Å². The molecule has 1 aromatic heterocycles. The molecule has 3 nitrogen and oxygen atoms in total. The Morgan fingerprint density at radius 3 is 1.38 bits per heavy atom. The van der Waals surface area contributed by atoms with Gasteiger partial charge in [-0.3, -0.25) is 14.6 Å². The summed E-state index contributed by atoms with van der Waals surface area (Å²) in [4.78, 5) is 29.2. The summed E-state index contributed by atoms with van der Waals surface area (Å²) in [7, 11) is 0. The zero-order valence-electron chi connectivity index (χ0n) is 13.6. The van der Waals surface area contributed by atoms with E-state index in [4.69, 9.17) is 0 Å². The Bertz CT molecular complexity index is 821. The van der Waals surface area contributed by atoms with Crippen LogP contribution in [0.15, 0.2) is 67.0 Å². The van der Waals surface area contributed by atoms with E-state index in [2.05, 4.69) is 4.98 Å². The van der Waals surface area contributed by atoms with Crippen molar-refractivity contribution in [3.63, 3.8) is 0 Å². The van der Waals surface area contributed by atoms with Crippen LogP contribution in [-0.4, -0.2) is 16.6 Å². The maximum atomic E-state index is 12.6. The van der Waals surface area contributed by atoms with Crippen LogP contribution in [-0.2, 0) is 0 Å². The van der Waals surface area contributed by atoms with E-state index in [-0.39, 0.29) is 11.6 Å². The Balaban J connectivity index is 1.91. The molecule has 0 fully saturated rings. The molecule has 0 radical (unpaired) electrons. The number of pyridine rings is 1. The Morgan fingerprint density at radius 2 is 1.00 bits per heavy atom. The van der Waals surface area contributed by atoms with Crippen LogP contribution in [0.2, 0.25) is 0 Å². The molecule has 2 aromatic carbocycles. The number of aryl methyl sites for hydroxylation is 2. The van der Waals surface area contributed by atoms with E-state index in [0.717, 1.165) is 11.1 Å². The van der Waals surface area contributed by atoms with Gasteiger partial charge in [0, 0.05) is 34.6 Å². The molecule has 3 aromatic rings. The first-order chi connectivity index (χ1) is 11.5. The highest BCUT2D eigenvalue weighted by atomic mass is 16.1. The number of carbonyl (C=O) groups is 2. The highest BCUT2D eigenvalue weighted by Gasteiger charge is 2.14. The third-order valence-corrected chi connectivity index (χ3v) is 3.89. The van der Waals surface area contributed by atoms with Gasteiger partial charge in [-0.15, -0.1) is 0 Å². The van der Waals surface area contributed by atoms with Gasteiger partial charge in [0.15, 0.2) is 11.6 Å². The minimum Gasteiger partial charge on any atom is -0.289 e. The van der Waals surface area contributed by atoms with Gasteiger partial charge in [-0.05, 0) is 19.9 Å². The van der Waals surface area contributed by atoms with Crippen LogP contribution in [0.1, 0.15) is 43.0 Å². The van der Waals surface area contributed by atoms with Gasteiger partial charge in [-0.2, -0.15) is 0 Å². The summed E-state index contributed by atoms with van der Waals surface area (Å²) in [5, 5.41) is 0. The molecule has 118 valence electrons. The predicted octanol–water partition coefficient (Wildman–Crippen LogP) is 4.16. The summed E-state index contributed by atoms with van der Waals surface area (Å²) in [6.45, 7) is 3.94. The molecule has 1 heterocycles. The van der Waals surface area contributed by atoms with E-state index in [0.29, 0.717) is 22.3 Å². The quantitative estimate of drug-likeness (QED) is 0.679. The van der Waals surface area contributed by atoms with Crippen LogP contribution >= 0.6 is 0 Å². The molecular weight excluding hydrogens is 298 g/mol. The summed E-state index contributed by atoms with van der Waals surface area (Å²) < 4.78 is 0. The topological polar surface area (TPSA) is 47.0 Å². The van der Waals surface area contributed by atoms with Gasteiger partial charge in [0.25, 0.3) is 0 Å². The summed E-state index contributed by atoms with van der Waals surface area (Å²) in [6, 6.07) is 16.3. The maximum absolute atomic E-state index is 12.6. The van der Waals surface area contributed by atoms with Crippen molar-refractivity contribution in [3.05, 3.63) is 100 Å². The van der Waals surface area contributed by atoms with Crippen LogP contribution < -0.4 is 0 Å². The molecule has 0 amide bonds. The number of rotatable bonds is 4. The largest absolute Gasteiger partial charge is 0.289 e. The average molecular weight is 315 g/mol. The highest BCUT2D eigenvalue weighted by Crippen LogP contribution is 2.15. The average Bonchev–Trinajstić information content (AvgIpc) is 2.62. The Morgan fingerprint density at radius 1 is 0.625 bits per heavy atom. The number of hydrogen-bond donors (Lipinski definition) is 0. The first kappa shape index (κ1) is 15.8. The highest BCUT2D eigenvalue weighted by molar-refractivity contribution is 6.12. The number of carbonyl (C=O) groups excluding carboxylic acids is 2. The Kier molecular flexibility index (Phi) is 4.34. The maximum Gasteiger partial charge on any atom is 0.194 e. The van der Waals surface area contributed by atoms with Crippen molar-refractivity contribution in [2.24, 2.45) is 0 Å². The number of benzene rings is 2. The third kappa shape index (κ3) is 3.30. The van der Waals surface area contributed by atoms with Gasteiger partial charge in [-0.25, -0.2) is 0 Å². The lowest BCUT2D eigenvalue weighted by molar-refractivity contribution is 0.103.